The fraction of sp³-hybridized carbons (Fsp3) is 0.100. The summed E-state index contributed by atoms with van der Waals surface area (Å²) in [5.41, 5.74) is 0.886. The molecule has 264 valence electrons. The first-order valence-corrected chi connectivity index (χ1v) is 15.7. The molecule has 0 saturated carbocycles. The number of terminal acetylenes is 1. The smallest absolute Gasteiger partial charge is 0.336 e. The maximum atomic E-state index is 13.0. The lowest BCUT2D eigenvalue weighted by Crippen LogP contribution is -2.25. The zero-order valence-corrected chi connectivity index (χ0v) is 27.7. The first kappa shape index (κ1) is 37.6. The van der Waals surface area contributed by atoms with Gasteiger partial charge in [-0.2, -0.15) is 0 Å². The Bertz CT molecular complexity index is 2030. The van der Waals surface area contributed by atoms with Crippen LogP contribution in [-0.4, -0.2) is 52.3 Å². The van der Waals surface area contributed by atoms with Gasteiger partial charge in [0, 0.05) is 13.1 Å². The van der Waals surface area contributed by atoms with Crippen molar-refractivity contribution in [2.75, 3.05) is 13.2 Å². The highest BCUT2D eigenvalue weighted by atomic mass is 16.5. The number of ether oxygens (including phenoxy) is 3. The van der Waals surface area contributed by atoms with E-state index in [0.29, 0.717) is 28.4 Å². The van der Waals surface area contributed by atoms with Gasteiger partial charge in [-0.25, -0.2) is 9.59 Å². The molecule has 0 atom stereocenters. The maximum absolute atomic E-state index is 13.0. The van der Waals surface area contributed by atoms with Crippen LogP contribution < -0.4 is 24.8 Å². The molecule has 2 amide bonds. The minimum atomic E-state index is -1.28. The summed E-state index contributed by atoms with van der Waals surface area (Å²) in [5, 5.41) is 33.0. The Labute approximate surface area is 299 Å². The van der Waals surface area contributed by atoms with E-state index in [1.165, 1.54) is 36.4 Å². The van der Waals surface area contributed by atoms with Gasteiger partial charge < -0.3 is 40.2 Å². The van der Waals surface area contributed by atoms with Gasteiger partial charge in [0.2, 0.25) is 0 Å². The zero-order valence-electron chi connectivity index (χ0n) is 27.7. The summed E-state index contributed by atoms with van der Waals surface area (Å²) >= 11 is 0. The van der Waals surface area contributed by atoms with Crippen LogP contribution in [0.1, 0.15) is 52.6 Å². The molecule has 0 aliphatic carbocycles. The van der Waals surface area contributed by atoms with Gasteiger partial charge in [0.1, 0.15) is 42.3 Å². The number of hydrogen-bond acceptors (Lipinski definition) is 8. The topological polar surface area (TPSA) is 181 Å². The van der Waals surface area contributed by atoms with Crippen molar-refractivity contribution >= 4 is 23.8 Å². The number of benzene rings is 5. The molecule has 5 N–H and O–H groups in total. The predicted octanol–water partition coefficient (Wildman–Crippen LogP) is 5.76. The highest BCUT2D eigenvalue weighted by Gasteiger charge is 2.19. The third-order valence-corrected chi connectivity index (χ3v) is 7.16. The molecule has 12 nitrogen and oxygen atoms in total. The van der Waals surface area contributed by atoms with E-state index in [2.05, 4.69) is 10.6 Å². The Morgan fingerprint density at radius 3 is 1.44 bits per heavy atom. The summed E-state index contributed by atoms with van der Waals surface area (Å²) in [6.45, 7) is 0.632. The summed E-state index contributed by atoms with van der Waals surface area (Å²) in [6.07, 6.45) is 7.09. The number of carbonyl (C=O) groups excluding carboxylic acids is 2. The molecule has 0 aliphatic rings. The van der Waals surface area contributed by atoms with Crippen molar-refractivity contribution in [1.29, 1.82) is 0 Å². The number of para-hydroxylation sites is 2. The van der Waals surface area contributed by atoms with E-state index in [4.69, 9.17) is 25.7 Å². The van der Waals surface area contributed by atoms with E-state index in [0.717, 1.165) is 0 Å². The molecule has 52 heavy (non-hydrogen) atoms. The van der Waals surface area contributed by atoms with Crippen LogP contribution >= 0.6 is 0 Å². The lowest BCUT2D eigenvalue weighted by atomic mass is 10.1. The zero-order chi connectivity index (χ0) is 37.3. The molecular formula is C40H34N2O10. The number of phenols is 1. The van der Waals surface area contributed by atoms with E-state index in [1.807, 2.05) is 42.5 Å². The van der Waals surface area contributed by atoms with Gasteiger partial charge in [-0.05, 0) is 71.8 Å². The Morgan fingerprint density at radius 1 is 0.558 bits per heavy atom. The van der Waals surface area contributed by atoms with E-state index >= 15 is 0 Å². The Kier molecular flexibility index (Phi) is 13.8. The molecule has 5 aromatic carbocycles. The van der Waals surface area contributed by atoms with E-state index in [9.17, 15) is 29.4 Å². The van der Waals surface area contributed by atoms with Crippen LogP contribution in [0.25, 0.3) is 0 Å². The molecule has 0 fully saturated rings. The van der Waals surface area contributed by atoms with Gasteiger partial charge in [0.25, 0.3) is 11.8 Å². The average molecular weight is 703 g/mol. The molecule has 0 aliphatic heterocycles. The van der Waals surface area contributed by atoms with Crippen molar-refractivity contribution in [1.82, 2.24) is 10.6 Å². The van der Waals surface area contributed by atoms with Crippen molar-refractivity contribution in [2.24, 2.45) is 0 Å². The molecule has 0 bridgehead atoms. The number of phenolic OH excluding ortho intramolecular Hbond substituents is 1. The van der Waals surface area contributed by atoms with Crippen LogP contribution in [-0.2, 0) is 13.1 Å². The van der Waals surface area contributed by atoms with Crippen molar-refractivity contribution < 1.29 is 48.7 Å². The molecular weight excluding hydrogens is 668 g/mol. The number of nitrogens with one attached hydrogen (secondary N) is 2. The van der Waals surface area contributed by atoms with Crippen molar-refractivity contribution in [2.45, 2.75) is 13.1 Å². The van der Waals surface area contributed by atoms with Gasteiger partial charge >= 0.3 is 11.9 Å². The molecule has 5 aromatic rings. The summed E-state index contributed by atoms with van der Waals surface area (Å²) < 4.78 is 16.2. The highest BCUT2D eigenvalue weighted by Crippen LogP contribution is 2.20. The van der Waals surface area contributed by atoms with E-state index in [1.54, 1.807) is 48.5 Å². The van der Waals surface area contributed by atoms with Crippen LogP contribution in [0, 0.1) is 12.5 Å². The lowest BCUT2D eigenvalue weighted by molar-refractivity contribution is 0.0682. The van der Waals surface area contributed by atoms with Gasteiger partial charge in [-0.15, -0.1) is 0 Å². The Hall–Kier alpha value is -7.26. The normalized spacial score (nSPS) is 9.98. The number of hydrogen-bond donors (Lipinski definition) is 5. The molecule has 0 spiro atoms. The fourth-order valence-corrected chi connectivity index (χ4v) is 4.61. The summed E-state index contributed by atoms with van der Waals surface area (Å²) in [5.74, 6) is -2.27. The van der Waals surface area contributed by atoms with E-state index < -0.39 is 23.8 Å². The van der Waals surface area contributed by atoms with Crippen LogP contribution in [0.4, 0.5) is 0 Å². The van der Waals surface area contributed by atoms with Crippen molar-refractivity contribution in [3.8, 4) is 35.5 Å². The SMILES string of the molecule is C#COc1ccc(C(=O)O)c(C(=O)NCc2ccc(CNC(=O)c3cc(OCCOc4ccccc4)ccc3C(=O)O)cc2)c1.Oc1ccccc1. The number of carbonyl (C=O) groups is 4. The third kappa shape index (κ3) is 11.4. The number of rotatable bonds is 14. The first-order chi connectivity index (χ1) is 25.1. The first-order valence-electron chi connectivity index (χ1n) is 15.7. The fourth-order valence-electron chi connectivity index (χ4n) is 4.61. The molecule has 0 saturated heterocycles. The van der Waals surface area contributed by atoms with Crippen LogP contribution in [0.3, 0.4) is 0 Å². The number of aromatic carboxylic acids is 2. The minimum absolute atomic E-state index is 0.0549. The summed E-state index contributed by atoms with van der Waals surface area (Å²) in [7, 11) is 0. The molecule has 0 unspecified atom stereocenters. The Morgan fingerprint density at radius 2 is 1.00 bits per heavy atom. The third-order valence-electron chi connectivity index (χ3n) is 7.16. The largest absolute Gasteiger partial charge is 0.508 e. The second-order valence-electron chi connectivity index (χ2n) is 10.8. The van der Waals surface area contributed by atoms with Crippen LogP contribution in [0.15, 0.2) is 121 Å². The summed E-state index contributed by atoms with van der Waals surface area (Å²) in [4.78, 5) is 49.0. The molecule has 5 rings (SSSR count). The number of carboxylic acids is 2. The molecule has 0 heterocycles. The quantitative estimate of drug-likeness (QED) is 0.0705. The Balaban J connectivity index is 0.000000771. The monoisotopic (exact) mass is 702 g/mol. The van der Waals surface area contributed by atoms with Crippen molar-refractivity contribution in [3.05, 3.63) is 155 Å². The average Bonchev–Trinajstić information content (AvgIpc) is 3.16. The standard InChI is InChI=1S/C34H28N2O9.C6H6O/c1-2-43-25-12-14-27(33(39)40)29(18-25)31(37)35-20-22-8-10-23(11-9-22)21-36-32(38)30-19-26(13-15-28(30)34(41)42)45-17-16-44-24-6-4-3-5-7-24;7-6-4-2-1-3-5-6/h1,3-15,18-19H,16-17,20-21H2,(H,35,37)(H,36,38)(H,39,40)(H,41,42);1-5,7H. The number of aromatic hydroxyl groups is 1. The van der Waals surface area contributed by atoms with Crippen molar-refractivity contribution in [3.63, 3.8) is 0 Å². The molecule has 12 heteroatoms. The van der Waals surface area contributed by atoms with Gasteiger partial charge in [0.05, 0.1) is 22.3 Å². The second kappa shape index (κ2) is 19.1. The minimum Gasteiger partial charge on any atom is -0.508 e. The van der Waals surface area contributed by atoms with Crippen LogP contribution in [0.2, 0.25) is 0 Å². The molecule has 0 aromatic heterocycles. The van der Waals surface area contributed by atoms with Gasteiger partial charge in [-0.3, -0.25) is 9.59 Å². The van der Waals surface area contributed by atoms with Gasteiger partial charge in [0.15, 0.2) is 0 Å². The van der Waals surface area contributed by atoms with Crippen LogP contribution in [0.5, 0.6) is 23.0 Å². The predicted molar refractivity (Wildman–Crippen MR) is 191 cm³/mol. The highest BCUT2D eigenvalue weighted by molar-refractivity contribution is 6.06. The van der Waals surface area contributed by atoms with E-state index in [-0.39, 0.29) is 54.3 Å². The number of carboxylic acid groups (broad SMARTS) is 2. The van der Waals surface area contributed by atoms with Gasteiger partial charge in [-0.1, -0.05) is 67.1 Å². The second-order valence-corrected chi connectivity index (χ2v) is 10.8. The number of amides is 2. The lowest BCUT2D eigenvalue weighted by Gasteiger charge is -2.12. The molecule has 0 radical (unpaired) electrons. The summed E-state index contributed by atoms with van der Waals surface area (Å²) in [6, 6.07) is 32.8. The maximum Gasteiger partial charge on any atom is 0.336 e.